The predicted molar refractivity (Wildman–Crippen MR) is 108 cm³/mol. The number of nitrogens with zero attached hydrogens (tertiary/aromatic N) is 2. The molecule has 2 aromatic rings. The third-order valence-corrected chi connectivity index (χ3v) is 6.13. The molecule has 3 heterocycles. The number of aromatic nitrogens is 1. The molecule has 0 bridgehead atoms. The molecule has 0 atom stereocenters. The summed E-state index contributed by atoms with van der Waals surface area (Å²) in [5.41, 5.74) is 0.122. The van der Waals surface area contributed by atoms with E-state index >= 15 is 0 Å². The number of hydrogen-bond donors (Lipinski definition) is 2. The highest BCUT2D eigenvalue weighted by Gasteiger charge is 2.45. The Kier molecular flexibility index (Phi) is 5.78. The van der Waals surface area contributed by atoms with Gasteiger partial charge in [-0.1, -0.05) is 6.07 Å². The largest absolute Gasteiger partial charge is 0.477 e. The van der Waals surface area contributed by atoms with Crippen LogP contribution in [0, 0.1) is 5.92 Å². The molecule has 0 saturated carbocycles. The molecule has 1 aromatic carbocycles. The Labute approximate surface area is 165 Å². The van der Waals surface area contributed by atoms with Crippen LogP contribution in [0.2, 0.25) is 0 Å². The van der Waals surface area contributed by atoms with Crippen molar-refractivity contribution in [3.63, 3.8) is 0 Å². The second-order valence-electron chi connectivity index (χ2n) is 7.95. The zero-order chi connectivity index (χ0) is 19.4. The van der Waals surface area contributed by atoms with Gasteiger partial charge < -0.3 is 20.1 Å². The molecule has 150 valence electrons. The summed E-state index contributed by atoms with van der Waals surface area (Å²) in [5.74, 6) is 1.36. The number of benzene rings is 1. The molecule has 2 fully saturated rings. The molecule has 0 aliphatic carbocycles. The maximum Gasteiger partial charge on any atom is 0.266 e. The molecule has 2 saturated heterocycles. The van der Waals surface area contributed by atoms with E-state index in [9.17, 15) is 4.79 Å². The summed E-state index contributed by atoms with van der Waals surface area (Å²) in [4.78, 5) is 19.9. The molecule has 2 N–H and O–H groups in total. The van der Waals surface area contributed by atoms with E-state index in [0.717, 1.165) is 62.1 Å². The monoisotopic (exact) mass is 383 g/mol. The number of carbonyl (C=O) groups excluding carboxylic acids is 1. The molecule has 2 aliphatic heterocycles. The summed E-state index contributed by atoms with van der Waals surface area (Å²) in [6.07, 6.45) is 5.88. The van der Waals surface area contributed by atoms with Gasteiger partial charge in [0.25, 0.3) is 5.91 Å². The van der Waals surface area contributed by atoms with Crippen molar-refractivity contribution in [1.82, 2.24) is 15.2 Å². The summed E-state index contributed by atoms with van der Waals surface area (Å²) < 4.78 is 6.44. The van der Waals surface area contributed by atoms with E-state index in [0.29, 0.717) is 18.8 Å². The normalized spacial score (nSPS) is 20.2. The summed E-state index contributed by atoms with van der Waals surface area (Å²) in [6.45, 7) is 3.30. The number of likely N-dealkylation sites (tertiary alicyclic amines) is 1. The van der Waals surface area contributed by atoms with Crippen LogP contribution in [-0.2, 0) is 4.79 Å². The third-order valence-electron chi connectivity index (χ3n) is 6.13. The van der Waals surface area contributed by atoms with Crippen LogP contribution in [0.25, 0.3) is 10.9 Å². The van der Waals surface area contributed by atoms with E-state index in [2.05, 4.69) is 10.3 Å². The Morgan fingerprint density at radius 1 is 1.25 bits per heavy atom. The van der Waals surface area contributed by atoms with Crippen molar-refractivity contribution in [2.45, 2.75) is 37.7 Å². The first kappa shape index (κ1) is 19.2. The third kappa shape index (κ3) is 3.98. The quantitative estimate of drug-likeness (QED) is 0.829. The zero-order valence-electron chi connectivity index (χ0n) is 16.3. The van der Waals surface area contributed by atoms with Crippen LogP contribution in [0.1, 0.15) is 32.1 Å². The Hall–Kier alpha value is -2.18. The van der Waals surface area contributed by atoms with Gasteiger partial charge in [-0.15, -0.1) is 0 Å². The Morgan fingerprint density at radius 2 is 2.04 bits per heavy atom. The number of hydrogen-bond acceptors (Lipinski definition) is 5. The fourth-order valence-corrected chi connectivity index (χ4v) is 4.43. The standard InChI is InChI=1S/C22H29N3O3/c26-15-7-17-5-13-25(14-6-17)21(27)22(8-11-23-12-9-22)28-19-3-4-20-18(16-19)2-1-10-24-20/h1-4,10,16-17,23,26H,5-9,11-15H2. The number of amides is 1. The average molecular weight is 383 g/mol. The van der Waals surface area contributed by atoms with Crippen molar-refractivity contribution < 1.29 is 14.6 Å². The summed E-state index contributed by atoms with van der Waals surface area (Å²) in [5, 5.41) is 13.5. The van der Waals surface area contributed by atoms with Crippen LogP contribution in [0.4, 0.5) is 0 Å². The molecule has 6 heteroatoms. The highest BCUT2D eigenvalue weighted by Crippen LogP contribution is 2.32. The lowest BCUT2D eigenvalue weighted by molar-refractivity contribution is -0.152. The minimum atomic E-state index is -0.801. The topological polar surface area (TPSA) is 74.7 Å². The Balaban J connectivity index is 1.53. The Morgan fingerprint density at radius 3 is 2.79 bits per heavy atom. The molecule has 1 aromatic heterocycles. The van der Waals surface area contributed by atoms with Gasteiger partial charge in [-0.05, 0) is 62.5 Å². The second kappa shape index (κ2) is 8.45. The lowest BCUT2D eigenvalue weighted by atomic mass is 9.87. The highest BCUT2D eigenvalue weighted by molar-refractivity contribution is 5.86. The number of fused-ring (bicyclic) bond motifs is 1. The van der Waals surface area contributed by atoms with Crippen LogP contribution in [0.3, 0.4) is 0 Å². The zero-order valence-corrected chi connectivity index (χ0v) is 16.3. The molecule has 0 radical (unpaired) electrons. The molecule has 2 aliphatic rings. The smallest absolute Gasteiger partial charge is 0.266 e. The maximum atomic E-state index is 13.5. The van der Waals surface area contributed by atoms with E-state index in [-0.39, 0.29) is 12.5 Å². The number of piperidine rings is 2. The van der Waals surface area contributed by atoms with Gasteiger partial charge in [-0.2, -0.15) is 0 Å². The van der Waals surface area contributed by atoms with Gasteiger partial charge in [-0.3, -0.25) is 9.78 Å². The minimum absolute atomic E-state index is 0.114. The van der Waals surface area contributed by atoms with Gasteiger partial charge in [0.2, 0.25) is 0 Å². The molecule has 0 spiro atoms. The van der Waals surface area contributed by atoms with E-state index < -0.39 is 5.60 Å². The van der Waals surface area contributed by atoms with Crippen LogP contribution in [0.5, 0.6) is 5.75 Å². The SMILES string of the molecule is O=C(N1CCC(CCO)CC1)C1(Oc2ccc3ncccc3c2)CCNCC1. The fourth-order valence-electron chi connectivity index (χ4n) is 4.43. The number of pyridine rings is 1. The second-order valence-corrected chi connectivity index (χ2v) is 7.95. The van der Waals surface area contributed by atoms with E-state index in [4.69, 9.17) is 9.84 Å². The lowest BCUT2D eigenvalue weighted by Crippen LogP contribution is -2.58. The average Bonchev–Trinajstić information content (AvgIpc) is 2.74. The molecule has 4 rings (SSSR count). The van der Waals surface area contributed by atoms with Gasteiger partial charge in [0.15, 0.2) is 5.60 Å². The minimum Gasteiger partial charge on any atom is -0.477 e. The highest BCUT2D eigenvalue weighted by atomic mass is 16.5. The van der Waals surface area contributed by atoms with E-state index in [1.807, 2.05) is 35.2 Å². The first-order valence-corrected chi connectivity index (χ1v) is 10.3. The van der Waals surface area contributed by atoms with E-state index in [1.54, 1.807) is 6.20 Å². The van der Waals surface area contributed by atoms with Crippen LogP contribution in [-0.4, -0.2) is 59.3 Å². The summed E-state index contributed by atoms with van der Waals surface area (Å²) in [6, 6.07) is 9.77. The summed E-state index contributed by atoms with van der Waals surface area (Å²) in [7, 11) is 0. The van der Waals surface area contributed by atoms with Gasteiger partial charge in [0.05, 0.1) is 5.52 Å². The van der Waals surface area contributed by atoms with E-state index in [1.165, 1.54) is 0 Å². The molecular weight excluding hydrogens is 354 g/mol. The molecule has 28 heavy (non-hydrogen) atoms. The first-order chi connectivity index (χ1) is 13.7. The van der Waals surface area contributed by atoms with Crippen molar-refractivity contribution in [1.29, 1.82) is 0 Å². The molecular formula is C22H29N3O3. The van der Waals surface area contributed by atoms with Crippen LogP contribution >= 0.6 is 0 Å². The fraction of sp³-hybridized carbons (Fsp3) is 0.545. The first-order valence-electron chi connectivity index (χ1n) is 10.3. The number of carbonyl (C=O) groups is 1. The van der Waals surface area contributed by atoms with Gasteiger partial charge in [-0.25, -0.2) is 0 Å². The molecule has 1 amide bonds. The van der Waals surface area contributed by atoms with Crippen LogP contribution < -0.4 is 10.1 Å². The number of aliphatic hydroxyl groups excluding tert-OH is 1. The Bertz CT molecular complexity index is 812. The number of ether oxygens (including phenoxy) is 1. The van der Waals surface area contributed by atoms with Crippen LogP contribution in [0.15, 0.2) is 36.5 Å². The maximum absolute atomic E-state index is 13.5. The van der Waals surface area contributed by atoms with Crippen molar-refractivity contribution >= 4 is 16.8 Å². The lowest BCUT2D eigenvalue weighted by Gasteiger charge is -2.42. The van der Waals surface area contributed by atoms with Crippen molar-refractivity contribution in [3.8, 4) is 5.75 Å². The van der Waals surface area contributed by atoms with Crippen molar-refractivity contribution in [2.75, 3.05) is 32.8 Å². The van der Waals surface area contributed by atoms with Crippen molar-refractivity contribution in [3.05, 3.63) is 36.5 Å². The predicted octanol–water partition coefficient (Wildman–Crippen LogP) is 2.36. The van der Waals surface area contributed by atoms with Gasteiger partial charge in [0, 0.05) is 44.1 Å². The summed E-state index contributed by atoms with van der Waals surface area (Å²) >= 11 is 0. The molecule has 6 nitrogen and oxygen atoms in total. The molecule has 0 unspecified atom stereocenters. The number of nitrogens with one attached hydrogen (secondary N) is 1. The number of aliphatic hydroxyl groups is 1. The van der Waals surface area contributed by atoms with Gasteiger partial charge >= 0.3 is 0 Å². The van der Waals surface area contributed by atoms with Crippen molar-refractivity contribution in [2.24, 2.45) is 5.92 Å². The van der Waals surface area contributed by atoms with Gasteiger partial charge in [0.1, 0.15) is 5.75 Å². The number of rotatable bonds is 5.